The molecule has 3 rings (SSSR count). The zero-order chi connectivity index (χ0) is 19.2. The van der Waals surface area contributed by atoms with Gasteiger partial charge in [0.15, 0.2) is 5.78 Å². The first-order chi connectivity index (χ1) is 13.0. The topological polar surface area (TPSA) is 56.7 Å². The van der Waals surface area contributed by atoms with Gasteiger partial charge < -0.3 is 5.11 Å². The number of nitrogens with zero attached hydrogens (tertiary/aromatic N) is 3. The van der Waals surface area contributed by atoms with Crippen molar-refractivity contribution in [3.63, 3.8) is 0 Å². The maximum Gasteiger partial charge on any atom is 0.159 e. The van der Waals surface area contributed by atoms with Gasteiger partial charge >= 0.3 is 0 Å². The van der Waals surface area contributed by atoms with Crippen LogP contribution in [0.4, 0.5) is 0 Å². The Hall–Kier alpha value is -2.08. The van der Waals surface area contributed by atoms with Gasteiger partial charge in [0.25, 0.3) is 0 Å². The highest BCUT2D eigenvalue weighted by Crippen LogP contribution is 2.18. The van der Waals surface area contributed by atoms with Crippen LogP contribution in [0.3, 0.4) is 0 Å². The summed E-state index contributed by atoms with van der Waals surface area (Å²) in [5.74, 6) is 0.102. The van der Waals surface area contributed by atoms with Crippen molar-refractivity contribution in [2.24, 2.45) is 0 Å². The summed E-state index contributed by atoms with van der Waals surface area (Å²) in [6.45, 7) is 8.30. The van der Waals surface area contributed by atoms with E-state index in [4.69, 9.17) is 0 Å². The number of carbonyl (C=O) groups is 1. The molecule has 5 heteroatoms. The molecule has 1 saturated heterocycles. The quantitative estimate of drug-likeness (QED) is 0.763. The van der Waals surface area contributed by atoms with Crippen molar-refractivity contribution >= 4 is 5.78 Å². The molecule has 0 spiro atoms. The fraction of sp³-hybridized carbons (Fsp3) is 0.455. The smallest absolute Gasteiger partial charge is 0.159 e. The molecule has 144 valence electrons. The van der Waals surface area contributed by atoms with Crippen LogP contribution in [0, 0.1) is 6.92 Å². The van der Waals surface area contributed by atoms with Crippen LogP contribution in [0.5, 0.6) is 0 Å². The Bertz CT molecular complexity index is 778. The van der Waals surface area contributed by atoms with Crippen LogP contribution in [-0.2, 0) is 13.1 Å². The number of aromatic nitrogens is 1. The summed E-state index contributed by atoms with van der Waals surface area (Å²) in [5.41, 5.74) is 4.05. The maximum absolute atomic E-state index is 11.6. The molecular formula is C22H29N3O2. The SMILES string of the molecule is CC(=O)c1cccc(CN2CCN(Cc3cccc(C)n3)[C@H](CCO)C2)c1. The molecular weight excluding hydrogens is 338 g/mol. The number of Topliss-reactive ketones (excluding diaryl/α,β-unsaturated/α-hetero) is 1. The third-order valence-electron chi connectivity index (χ3n) is 5.20. The standard InChI is InChI=1S/C22H29N3O2/c1-17-5-3-8-21(23-17)15-25-11-10-24(16-22(25)9-12-26)14-19-6-4-7-20(13-19)18(2)27/h3-8,13,22,26H,9-12,14-16H2,1-2H3/t22-/m1/s1. The van der Waals surface area contributed by atoms with E-state index < -0.39 is 0 Å². The van der Waals surface area contributed by atoms with Crippen molar-refractivity contribution in [2.45, 2.75) is 39.4 Å². The molecule has 0 radical (unpaired) electrons. The van der Waals surface area contributed by atoms with E-state index in [0.29, 0.717) is 6.04 Å². The molecule has 0 saturated carbocycles. The van der Waals surface area contributed by atoms with Gasteiger partial charge in [0.2, 0.25) is 0 Å². The second-order valence-electron chi connectivity index (χ2n) is 7.40. The molecule has 0 amide bonds. The Balaban J connectivity index is 1.64. The lowest BCUT2D eigenvalue weighted by atomic mass is 10.0. The van der Waals surface area contributed by atoms with Crippen LogP contribution in [-0.4, -0.2) is 58.0 Å². The van der Waals surface area contributed by atoms with E-state index in [1.54, 1.807) is 6.92 Å². The number of aliphatic hydroxyl groups is 1. The summed E-state index contributed by atoms with van der Waals surface area (Å²) < 4.78 is 0. The molecule has 1 aromatic heterocycles. The third-order valence-corrected chi connectivity index (χ3v) is 5.20. The van der Waals surface area contributed by atoms with Crippen LogP contribution in [0.1, 0.15) is 40.7 Å². The fourth-order valence-corrected chi connectivity index (χ4v) is 3.77. The Morgan fingerprint density at radius 2 is 2.00 bits per heavy atom. The summed E-state index contributed by atoms with van der Waals surface area (Å²) in [7, 11) is 0. The van der Waals surface area contributed by atoms with Gasteiger partial charge in [0, 0.05) is 56.6 Å². The highest BCUT2D eigenvalue weighted by atomic mass is 16.3. The predicted molar refractivity (Wildman–Crippen MR) is 107 cm³/mol. The Labute approximate surface area is 161 Å². The van der Waals surface area contributed by atoms with Crippen LogP contribution >= 0.6 is 0 Å². The van der Waals surface area contributed by atoms with Gasteiger partial charge in [-0.1, -0.05) is 24.3 Å². The van der Waals surface area contributed by atoms with Crippen molar-refractivity contribution in [2.75, 3.05) is 26.2 Å². The van der Waals surface area contributed by atoms with E-state index in [1.807, 2.05) is 31.2 Å². The number of ketones is 1. The molecule has 1 fully saturated rings. The van der Waals surface area contributed by atoms with Crippen molar-refractivity contribution in [3.05, 3.63) is 65.0 Å². The van der Waals surface area contributed by atoms with Crippen LogP contribution in [0.25, 0.3) is 0 Å². The number of benzene rings is 1. The lowest BCUT2D eigenvalue weighted by Gasteiger charge is -2.41. The molecule has 5 nitrogen and oxygen atoms in total. The molecule has 1 aromatic carbocycles. The number of piperazine rings is 1. The van der Waals surface area contributed by atoms with Gasteiger partial charge in [-0.05, 0) is 44.0 Å². The van der Waals surface area contributed by atoms with E-state index in [2.05, 4.69) is 33.0 Å². The van der Waals surface area contributed by atoms with Crippen molar-refractivity contribution in [1.29, 1.82) is 0 Å². The molecule has 2 aromatic rings. The van der Waals surface area contributed by atoms with Crippen LogP contribution in [0.15, 0.2) is 42.5 Å². The minimum Gasteiger partial charge on any atom is -0.396 e. The summed E-state index contributed by atoms with van der Waals surface area (Å²) in [5, 5.41) is 9.52. The molecule has 0 bridgehead atoms. The van der Waals surface area contributed by atoms with Crippen molar-refractivity contribution in [1.82, 2.24) is 14.8 Å². The van der Waals surface area contributed by atoms with Crippen LogP contribution < -0.4 is 0 Å². The second kappa shape index (κ2) is 9.22. The van der Waals surface area contributed by atoms with E-state index in [0.717, 1.165) is 56.1 Å². The average molecular weight is 367 g/mol. The Morgan fingerprint density at radius 3 is 2.74 bits per heavy atom. The van der Waals surface area contributed by atoms with Crippen molar-refractivity contribution < 1.29 is 9.90 Å². The molecule has 27 heavy (non-hydrogen) atoms. The largest absolute Gasteiger partial charge is 0.396 e. The average Bonchev–Trinajstić information content (AvgIpc) is 2.64. The van der Waals surface area contributed by atoms with E-state index in [-0.39, 0.29) is 12.4 Å². The molecule has 0 aliphatic carbocycles. The zero-order valence-electron chi connectivity index (χ0n) is 16.3. The predicted octanol–water partition coefficient (Wildman–Crippen LogP) is 2.66. The highest BCUT2D eigenvalue weighted by molar-refractivity contribution is 5.94. The number of carbonyl (C=O) groups excluding carboxylic acids is 1. The Kier molecular flexibility index (Phi) is 6.72. The lowest BCUT2D eigenvalue weighted by molar-refractivity contribution is 0.0491. The molecule has 1 aliphatic heterocycles. The van der Waals surface area contributed by atoms with Gasteiger partial charge in [-0.25, -0.2) is 0 Å². The number of hydrogen-bond acceptors (Lipinski definition) is 5. The van der Waals surface area contributed by atoms with E-state index in [1.165, 1.54) is 5.56 Å². The van der Waals surface area contributed by atoms with Crippen LogP contribution in [0.2, 0.25) is 0 Å². The van der Waals surface area contributed by atoms with Gasteiger partial charge in [0.1, 0.15) is 0 Å². The molecule has 2 heterocycles. The first-order valence-corrected chi connectivity index (χ1v) is 9.65. The number of aliphatic hydroxyl groups excluding tert-OH is 1. The highest BCUT2D eigenvalue weighted by Gasteiger charge is 2.27. The zero-order valence-corrected chi connectivity index (χ0v) is 16.3. The van der Waals surface area contributed by atoms with E-state index >= 15 is 0 Å². The minimum atomic E-state index is 0.102. The molecule has 1 atom stereocenters. The third kappa shape index (κ3) is 5.45. The van der Waals surface area contributed by atoms with Gasteiger partial charge in [0.05, 0.1) is 5.69 Å². The normalized spacial score (nSPS) is 18.6. The summed E-state index contributed by atoms with van der Waals surface area (Å²) >= 11 is 0. The minimum absolute atomic E-state index is 0.102. The molecule has 0 unspecified atom stereocenters. The number of aryl methyl sites for hydroxylation is 1. The van der Waals surface area contributed by atoms with E-state index in [9.17, 15) is 9.90 Å². The van der Waals surface area contributed by atoms with Gasteiger partial charge in [-0.2, -0.15) is 0 Å². The van der Waals surface area contributed by atoms with Gasteiger partial charge in [-0.3, -0.25) is 19.6 Å². The molecule has 1 N–H and O–H groups in total. The molecule has 1 aliphatic rings. The lowest BCUT2D eigenvalue weighted by Crippen LogP contribution is -2.52. The summed E-state index contributed by atoms with van der Waals surface area (Å²) in [6.07, 6.45) is 0.760. The first kappa shape index (κ1) is 19.7. The number of hydrogen-bond donors (Lipinski definition) is 1. The number of rotatable bonds is 7. The monoisotopic (exact) mass is 367 g/mol. The second-order valence-corrected chi connectivity index (χ2v) is 7.40. The fourth-order valence-electron chi connectivity index (χ4n) is 3.77. The number of pyridine rings is 1. The summed E-state index contributed by atoms with van der Waals surface area (Å²) in [6, 6.07) is 14.3. The van der Waals surface area contributed by atoms with Crippen molar-refractivity contribution in [3.8, 4) is 0 Å². The maximum atomic E-state index is 11.6. The first-order valence-electron chi connectivity index (χ1n) is 9.65. The summed E-state index contributed by atoms with van der Waals surface area (Å²) in [4.78, 5) is 21.1. The Morgan fingerprint density at radius 1 is 1.19 bits per heavy atom. The van der Waals surface area contributed by atoms with Gasteiger partial charge in [-0.15, -0.1) is 0 Å².